The third kappa shape index (κ3) is 8.21. The summed E-state index contributed by atoms with van der Waals surface area (Å²) in [5, 5.41) is 49.5. The molecule has 1 saturated heterocycles. The number of fused-ring (bicyclic) bond motifs is 9. The number of allylic oxidation sites excluding steroid dienone is 2. The zero-order valence-electron chi connectivity index (χ0n) is 32.8. The van der Waals surface area contributed by atoms with Crippen molar-refractivity contribution in [1.29, 1.82) is 0 Å². The van der Waals surface area contributed by atoms with Gasteiger partial charge in [0, 0.05) is 30.5 Å². The number of amides is 1. The Morgan fingerprint density at radius 1 is 1.17 bits per heavy atom. The second-order valence-electron chi connectivity index (χ2n) is 15.4. The van der Waals surface area contributed by atoms with E-state index < -0.39 is 96.6 Å². The average molecular weight is 846 g/mol. The number of phenols is 1. The lowest BCUT2D eigenvalue weighted by Crippen LogP contribution is -2.64. The second kappa shape index (κ2) is 16.9. The summed E-state index contributed by atoms with van der Waals surface area (Å²) >= 11 is 6.70. The van der Waals surface area contributed by atoms with Crippen molar-refractivity contribution in [2.75, 3.05) is 25.5 Å². The van der Waals surface area contributed by atoms with E-state index in [2.05, 4.69) is 40.9 Å². The highest BCUT2D eigenvalue weighted by Gasteiger charge is 2.54. The van der Waals surface area contributed by atoms with E-state index in [-0.39, 0.29) is 63.1 Å². The normalized spacial score (nSPS) is 30.3. The summed E-state index contributed by atoms with van der Waals surface area (Å²) in [7, 11) is 1.72. The monoisotopic (exact) mass is 845 g/mol. The van der Waals surface area contributed by atoms with Gasteiger partial charge in [-0.05, 0) is 68.4 Å². The van der Waals surface area contributed by atoms with Crippen LogP contribution in [0.4, 0.5) is 5.69 Å². The summed E-state index contributed by atoms with van der Waals surface area (Å²) in [5.74, 6) is 7.54. The Morgan fingerprint density at radius 2 is 1.95 bits per heavy atom. The van der Waals surface area contributed by atoms with E-state index >= 15 is 0 Å². The van der Waals surface area contributed by atoms with Crippen molar-refractivity contribution in [2.45, 2.75) is 81.2 Å². The van der Waals surface area contributed by atoms with E-state index in [1.165, 1.54) is 24.3 Å². The zero-order valence-corrected chi connectivity index (χ0v) is 33.6. The third-order valence-electron chi connectivity index (χ3n) is 11.0. The molecule has 8 rings (SSSR count). The minimum Gasteiger partial charge on any atom is -0.504 e. The summed E-state index contributed by atoms with van der Waals surface area (Å²) in [6.45, 7) is 6.41. The van der Waals surface area contributed by atoms with Crippen LogP contribution in [0.25, 0.3) is 0 Å². The molecule has 2 aromatic rings. The standard InChI is InChI=1S/C43H44ClN3O13/c1-21-39(53)47-35-26(13-22(19-48)14-31(35)56-21)40(54)57-32-20-55-34(50)17-29(45)24-15-28(44)38(30(49)16-24)58-33-9-5-7-23(32)10-11-25-8-6-12-43(25,33)60-41-37(52)36(51)27(18-46-4)42(2,3)59-41/h6,8,12-16,23,27,29,32-33,36-37,41,46,48-49,51-52H,1,7,17-20,45H2,2-4H3,(H,47,53)/t23?,27?,29-,32?,33?,36?,37?,41?,43?/m0/s1. The van der Waals surface area contributed by atoms with Gasteiger partial charge in [0.1, 0.15) is 12.7 Å². The maximum Gasteiger partial charge on any atom is 0.340 e. The van der Waals surface area contributed by atoms with Crippen LogP contribution in [0.5, 0.6) is 17.2 Å². The highest BCUT2D eigenvalue weighted by atomic mass is 35.5. The van der Waals surface area contributed by atoms with Crippen LogP contribution >= 0.6 is 11.6 Å². The third-order valence-corrected chi connectivity index (χ3v) is 11.2. The van der Waals surface area contributed by atoms with Crippen LogP contribution in [0.2, 0.25) is 5.02 Å². The van der Waals surface area contributed by atoms with E-state index in [0.29, 0.717) is 6.54 Å². The number of nitrogens with one attached hydrogen (secondary N) is 2. The predicted molar refractivity (Wildman–Crippen MR) is 213 cm³/mol. The van der Waals surface area contributed by atoms with Gasteiger partial charge in [0.2, 0.25) is 0 Å². The van der Waals surface area contributed by atoms with E-state index in [1.54, 1.807) is 39.1 Å². The molecule has 0 spiro atoms. The number of halogens is 1. The van der Waals surface area contributed by atoms with Crippen molar-refractivity contribution in [3.05, 3.63) is 82.1 Å². The lowest BCUT2D eigenvalue weighted by atomic mass is 9.80. The number of aliphatic hydroxyl groups excluding tert-OH is 3. The molecule has 8 unspecified atom stereocenters. The van der Waals surface area contributed by atoms with Crippen molar-refractivity contribution >= 4 is 35.1 Å². The van der Waals surface area contributed by atoms with Crippen LogP contribution in [0.15, 0.2) is 60.4 Å². The minimum atomic E-state index is -1.77. The summed E-state index contributed by atoms with van der Waals surface area (Å²) in [5.41, 5.74) is 4.17. The number of carbonyl (C=O) groups is 3. The largest absolute Gasteiger partial charge is 0.504 e. The SMILES string of the molecule is C=C1Oc2cc(CO)cc(C(=O)OC3COC(=O)C[C@H](N)c4cc(O)c(c(Cl)c4)OC4C#CCC3C#CC3=CC=CC34OC3OC(C)(C)C(CNC)C(O)C3O)c2NC1=O. The maximum absolute atomic E-state index is 14.1. The van der Waals surface area contributed by atoms with Crippen molar-refractivity contribution in [3.63, 3.8) is 0 Å². The lowest BCUT2D eigenvalue weighted by Gasteiger charge is -2.49. The smallest absolute Gasteiger partial charge is 0.340 e. The molecular weight excluding hydrogens is 802 g/mol. The number of aromatic hydroxyl groups is 1. The van der Waals surface area contributed by atoms with Gasteiger partial charge in [-0.25, -0.2) is 4.79 Å². The van der Waals surface area contributed by atoms with Gasteiger partial charge in [-0.15, -0.1) is 0 Å². The molecule has 17 heteroatoms. The molecule has 9 atom stereocenters. The number of hydrogen-bond acceptors (Lipinski definition) is 15. The molecule has 4 aliphatic heterocycles. The van der Waals surface area contributed by atoms with Gasteiger partial charge in [-0.3, -0.25) is 9.59 Å². The van der Waals surface area contributed by atoms with Crippen molar-refractivity contribution < 1.29 is 63.2 Å². The molecule has 0 aromatic heterocycles. The summed E-state index contributed by atoms with van der Waals surface area (Å²) in [6.07, 6.45) is -2.59. The number of hydrogen-bond donors (Lipinski definition) is 7. The molecule has 16 nitrogen and oxygen atoms in total. The zero-order chi connectivity index (χ0) is 43.1. The van der Waals surface area contributed by atoms with E-state index in [4.69, 9.17) is 45.8 Å². The molecule has 4 heterocycles. The molecule has 4 bridgehead atoms. The van der Waals surface area contributed by atoms with Gasteiger partial charge in [0.15, 0.2) is 47.1 Å². The predicted octanol–water partition coefficient (Wildman–Crippen LogP) is 2.27. The van der Waals surface area contributed by atoms with E-state index in [9.17, 15) is 34.8 Å². The first-order valence-corrected chi connectivity index (χ1v) is 19.5. The number of phenolic OH excluding ortho intramolecular Hbond substituents is 1. The molecule has 2 aliphatic carbocycles. The molecule has 60 heavy (non-hydrogen) atoms. The number of esters is 2. The molecule has 6 aliphatic rings. The van der Waals surface area contributed by atoms with Crippen molar-refractivity contribution in [2.24, 2.45) is 17.6 Å². The van der Waals surface area contributed by atoms with Crippen LogP contribution < -0.4 is 25.8 Å². The number of carbonyl (C=O) groups excluding carboxylic acids is 3. The van der Waals surface area contributed by atoms with Crippen LogP contribution in [0, 0.1) is 35.5 Å². The van der Waals surface area contributed by atoms with E-state index in [0.717, 1.165) is 0 Å². The summed E-state index contributed by atoms with van der Waals surface area (Å²) < 4.78 is 36.7. The lowest BCUT2D eigenvalue weighted by molar-refractivity contribution is -0.330. The van der Waals surface area contributed by atoms with Gasteiger partial charge in [-0.1, -0.05) is 47.9 Å². The van der Waals surface area contributed by atoms with Crippen molar-refractivity contribution in [1.82, 2.24) is 5.32 Å². The number of rotatable bonds is 7. The Labute approximate surface area is 350 Å². The van der Waals surface area contributed by atoms with E-state index in [1.807, 2.05) is 0 Å². The van der Waals surface area contributed by atoms with Crippen LogP contribution in [0.1, 0.15) is 54.2 Å². The molecule has 2 aromatic carbocycles. The topological polar surface area (TPSA) is 238 Å². The first kappa shape index (κ1) is 42.7. The molecule has 0 saturated carbocycles. The molecule has 0 radical (unpaired) electrons. The number of anilines is 1. The van der Waals surface area contributed by atoms with Crippen molar-refractivity contribution in [3.8, 4) is 40.9 Å². The van der Waals surface area contributed by atoms with Gasteiger partial charge in [0.05, 0.1) is 46.9 Å². The first-order valence-electron chi connectivity index (χ1n) is 19.1. The fraction of sp³-hybridized carbons (Fsp3) is 0.419. The number of ether oxygens (including phenoxy) is 6. The molecule has 1 fully saturated rings. The highest BCUT2D eigenvalue weighted by Crippen LogP contribution is 2.45. The molecule has 8 N–H and O–H groups in total. The highest BCUT2D eigenvalue weighted by molar-refractivity contribution is 6.32. The summed E-state index contributed by atoms with van der Waals surface area (Å²) in [6, 6.07) is 4.46. The quantitative estimate of drug-likeness (QED) is 0.120. The van der Waals surface area contributed by atoms with Gasteiger partial charge >= 0.3 is 11.9 Å². The second-order valence-corrected chi connectivity index (χ2v) is 15.8. The molecular formula is C43H44ClN3O13. The number of benzene rings is 2. The molecule has 316 valence electrons. The van der Waals surface area contributed by atoms with Crippen LogP contribution in [0.3, 0.4) is 0 Å². The average Bonchev–Trinajstić information content (AvgIpc) is 3.62. The maximum atomic E-state index is 14.1. The van der Waals surface area contributed by atoms with Gasteiger partial charge in [0.25, 0.3) is 5.91 Å². The number of nitrogens with two attached hydrogens (primary N) is 1. The molecule has 1 amide bonds. The van der Waals surface area contributed by atoms with Gasteiger partial charge < -0.3 is 65.2 Å². The Balaban J connectivity index is 1.32. The fourth-order valence-electron chi connectivity index (χ4n) is 7.62. The van der Waals surface area contributed by atoms with Gasteiger partial charge in [-0.2, -0.15) is 0 Å². The number of aliphatic hydroxyl groups is 3. The fourth-order valence-corrected chi connectivity index (χ4v) is 7.89. The Kier molecular flexibility index (Phi) is 12.1. The Morgan fingerprint density at radius 3 is 2.68 bits per heavy atom. The first-order chi connectivity index (χ1) is 28.5. The Hall–Kier alpha value is -5.40. The van der Waals surface area contributed by atoms with Crippen LogP contribution in [-0.2, 0) is 35.1 Å². The minimum absolute atomic E-state index is 0.0273. The van der Waals surface area contributed by atoms with Crippen LogP contribution in [-0.4, -0.2) is 100 Å². The summed E-state index contributed by atoms with van der Waals surface area (Å²) in [4.78, 5) is 39.9. The Bertz CT molecular complexity index is 2280.